The van der Waals surface area contributed by atoms with E-state index in [1.165, 1.54) is 16.7 Å². The van der Waals surface area contributed by atoms with E-state index in [4.69, 9.17) is 0 Å². The van der Waals surface area contributed by atoms with Crippen LogP contribution in [0.5, 0.6) is 0 Å². The van der Waals surface area contributed by atoms with Crippen molar-refractivity contribution in [2.75, 3.05) is 6.54 Å². The van der Waals surface area contributed by atoms with Crippen molar-refractivity contribution in [2.45, 2.75) is 30.0 Å². The van der Waals surface area contributed by atoms with Crippen LogP contribution in [0.4, 0.5) is 0 Å². The molecule has 116 valence electrons. The zero-order chi connectivity index (χ0) is 16.1. The molecule has 1 saturated heterocycles. The standard InChI is InChI=1S/C15H16N2O4S/c1-15(2)11(14(20)21)16-10(22-15)7-17-12(18)8-5-3-4-6-9(8)13(17)19/h3-6,10-11,16H,7H2,1-2H3,(H,20,21)/t10-,11+/m1/s1. The van der Waals surface area contributed by atoms with Gasteiger partial charge < -0.3 is 15.2 Å². The summed E-state index contributed by atoms with van der Waals surface area (Å²) in [5.74, 6) is -1.75. The molecule has 0 unspecified atom stereocenters. The quantitative estimate of drug-likeness (QED) is 0.707. The van der Waals surface area contributed by atoms with Gasteiger partial charge in [-0.25, -0.2) is 0 Å². The highest BCUT2D eigenvalue weighted by atomic mass is 32.2. The first kappa shape index (κ1) is 15.1. The van der Waals surface area contributed by atoms with Crippen molar-refractivity contribution in [3.63, 3.8) is 0 Å². The first-order valence-electron chi connectivity index (χ1n) is 7.00. The predicted octanol–water partition coefficient (Wildman–Crippen LogP) is -1.18. The molecule has 0 bridgehead atoms. The van der Waals surface area contributed by atoms with Crippen LogP contribution in [0.3, 0.4) is 0 Å². The van der Waals surface area contributed by atoms with Crippen LogP contribution in [0.15, 0.2) is 24.3 Å². The van der Waals surface area contributed by atoms with E-state index in [0.29, 0.717) is 11.1 Å². The number of nitrogens with two attached hydrogens (primary N) is 1. The van der Waals surface area contributed by atoms with Crippen LogP contribution in [0.2, 0.25) is 0 Å². The van der Waals surface area contributed by atoms with Crippen LogP contribution in [-0.2, 0) is 4.79 Å². The molecule has 0 radical (unpaired) electrons. The molecule has 3 rings (SSSR count). The Balaban J connectivity index is 1.78. The van der Waals surface area contributed by atoms with Crippen molar-refractivity contribution >= 4 is 29.5 Å². The van der Waals surface area contributed by atoms with Crippen LogP contribution in [-0.4, -0.2) is 45.4 Å². The van der Waals surface area contributed by atoms with E-state index in [1.54, 1.807) is 29.6 Å². The summed E-state index contributed by atoms with van der Waals surface area (Å²) >= 11 is 1.45. The van der Waals surface area contributed by atoms with Gasteiger partial charge in [0.2, 0.25) is 0 Å². The van der Waals surface area contributed by atoms with Crippen LogP contribution in [0.1, 0.15) is 34.6 Å². The molecule has 2 N–H and O–H groups in total. The number of hydrogen-bond acceptors (Lipinski definition) is 5. The Hall–Kier alpha value is -1.86. The summed E-state index contributed by atoms with van der Waals surface area (Å²) in [6.45, 7) is 3.85. The second-order valence-electron chi connectivity index (χ2n) is 6.02. The second kappa shape index (κ2) is 5.10. The third-order valence-electron chi connectivity index (χ3n) is 4.11. The molecule has 1 aromatic rings. The van der Waals surface area contributed by atoms with Gasteiger partial charge in [0.1, 0.15) is 12.0 Å². The molecule has 2 atom stereocenters. The smallest absolute Gasteiger partial charge is 0.261 e. The number of carboxylic acids is 1. The number of carboxylic acid groups (broad SMARTS) is 1. The number of fused-ring (bicyclic) bond motifs is 1. The number of carbonyl (C=O) groups excluding carboxylic acids is 3. The third-order valence-corrected chi connectivity index (χ3v) is 5.58. The number of carbonyl (C=O) groups is 3. The molecule has 1 fully saturated rings. The van der Waals surface area contributed by atoms with Crippen LogP contribution in [0.25, 0.3) is 0 Å². The topological polar surface area (TPSA) is 94.1 Å². The SMILES string of the molecule is CC1(C)S[C@H](CN2C(=O)c3ccccc3C2=O)[NH2+][C@H]1C(=O)[O-]. The van der Waals surface area contributed by atoms with Crippen molar-refractivity contribution in [3.05, 3.63) is 35.4 Å². The molecule has 0 aliphatic carbocycles. The van der Waals surface area contributed by atoms with E-state index >= 15 is 0 Å². The number of aliphatic carboxylic acids is 1. The zero-order valence-electron chi connectivity index (χ0n) is 12.2. The Morgan fingerprint density at radius 3 is 2.27 bits per heavy atom. The number of hydrogen-bond donors (Lipinski definition) is 1. The molecule has 2 aliphatic heterocycles. The van der Waals surface area contributed by atoms with Gasteiger partial charge in [0.05, 0.1) is 22.4 Å². The van der Waals surface area contributed by atoms with Gasteiger partial charge in [-0.1, -0.05) is 23.9 Å². The Kier molecular flexibility index (Phi) is 3.49. The molecule has 0 saturated carbocycles. The average Bonchev–Trinajstić information content (AvgIpc) is 2.89. The lowest BCUT2D eigenvalue weighted by Crippen LogP contribution is -2.96. The van der Waals surface area contributed by atoms with Crippen molar-refractivity contribution in [1.29, 1.82) is 0 Å². The summed E-state index contributed by atoms with van der Waals surface area (Å²) in [6, 6.07) is 6.01. The number of imide groups is 1. The second-order valence-corrected chi connectivity index (χ2v) is 7.91. The normalized spacial score (nSPS) is 26.4. The summed E-state index contributed by atoms with van der Waals surface area (Å²) in [5.41, 5.74) is 0.817. The van der Waals surface area contributed by atoms with Crippen molar-refractivity contribution < 1.29 is 24.8 Å². The van der Waals surface area contributed by atoms with Crippen molar-refractivity contribution in [2.24, 2.45) is 0 Å². The summed E-state index contributed by atoms with van der Waals surface area (Å²) in [4.78, 5) is 37.1. The first-order chi connectivity index (χ1) is 10.3. The fourth-order valence-electron chi connectivity index (χ4n) is 2.99. The van der Waals surface area contributed by atoms with E-state index in [0.717, 1.165) is 0 Å². The Labute approximate surface area is 131 Å². The number of quaternary nitrogens is 1. The minimum Gasteiger partial charge on any atom is -0.544 e. The minimum absolute atomic E-state index is 0.185. The summed E-state index contributed by atoms with van der Waals surface area (Å²) in [7, 11) is 0. The number of amides is 2. The van der Waals surface area contributed by atoms with E-state index in [-0.39, 0.29) is 23.7 Å². The largest absolute Gasteiger partial charge is 0.544 e. The minimum atomic E-state index is -1.12. The average molecular weight is 320 g/mol. The predicted molar refractivity (Wildman–Crippen MR) is 78.0 cm³/mol. The molecule has 0 aromatic heterocycles. The number of nitrogens with zero attached hydrogens (tertiary/aromatic N) is 1. The molecule has 2 heterocycles. The Bertz CT molecular complexity index is 638. The fraction of sp³-hybridized carbons (Fsp3) is 0.400. The van der Waals surface area contributed by atoms with Crippen LogP contribution < -0.4 is 10.4 Å². The summed E-state index contributed by atoms with van der Waals surface area (Å²) in [6.07, 6.45) is 0. The molecular formula is C15H16N2O4S. The van der Waals surface area contributed by atoms with Gasteiger partial charge >= 0.3 is 0 Å². The Morgan fingerprint density at radius 1 is 1.27 bits per heavy atom. The van der Waals surface area contributed by atoms with Crippen molar-refractivity contribution in [1.82, 2.24) is 4.90 Å². The van der Waals surface area contributed by atoms with Crippen LogP contribution >= 0.6 is 11.8 Å². The zero-order valence-corrected chi connectivity index (χ0v) is 13.1. The fourth-order valence-corrected chi connectivity index (χ4v) is 4.56. The van der Waals surface area contributed by atoms with Gasteiger partial charge in [0.25, 0.3) is 11.8 Å². The number of benzene rings is 1. The molecule has 7 heteroatoms. The Morgan fingerprint density at radius 2 is 1.82 bits per heavy atom. The van der Waals surface area contributed by atoms with Crippen LogP contribution in [0, 0.1) is 0 Å². The van der Waals surface area contributed by atoms with E-state index < -0.39 is 16.8 Å². The highest BCUT2D eigenvalue weighted by Gasteiger charge is 2.48. The lowest BCUT2D eigenvalue weighted by Gasteiger charge is -2.21. The number of rotatable bonds is 3. The lowest BCUT2D eigenvalue weighted by molar-refractivity contribution is -0.689. The van der Waals surface area contributed by atoms with Gasteiger partial charge in [-0.2, -0.15) is 0 Å². The highest BCUT2D eigenvalue weighted by Crippen LogP contribution is 2.34. The maximum Gasteiger partial charge on any atom is 0.261 e. The van der Waals surface area contributed by atoms with E-state index in [1.807, 2.05) is 13.8 Å². The molecule has 2 aliphatic rings. The highest BCUT2D eigenvalue weighted by molar-refractivity contribution is 8.01. The van der Waals surface area contributed by atoms with E-state index in [2.05, 4.69) is 0 Å². The van der Waals surface area contributed by atoms with Gasteiger partial charge in [0.15, 0.2) is 5.37 Å². The van der Waals surface area contributed by atoms with Gasteiger partial charge in [-0.05, 0) is 26.0 Å². The summed E-state index contributed by atoms with van der Waals surface area (Å²) in [5, 5.41) is 12.7. The number of thioether (sulfide) groups is 1. The molecule has 0 spiro atoms. The maximum absolute atomic E-state index is 12.3. The lowest BCUT2D eigenvalue weighted by atomic mass is 10.0. The van der Waals surface area contributed by atoms with Gasteiger partial charge in [-0.3, -0.25) is 14.5 Å². The molecular weight excluding hydrogens is 304 g/mol. The molecule has 6 nitrogen and oxygen atoms in total. The summed E-state index contributed by atoms with van der Waals surface area (Å²) < 4.78 is -0.512. The maximum atomic E-state index is 12.3. The van der Waals surface area contributed by atoms with Gasteiger partial charge in [0, 0.05) is 0 Å². The monoisotopic (exact) mass is 320 g/mol. The van der Waals surface area contributed by atoms with E-state index in [9.17, 15) is 19.5 Å². The third kappa shape index (κ3) is 2.30. The molecule has 1 aromatic carbocycles. The van der Waals surface area contributed by atoms with Crippen molar-refractivity contribution in [3.8, 4) is 0 Å². The first-order valence-corrected chi connectivity index (χ1v) is 7.88. The molecule has 22 heavy (non-hydrogen) atoms. The van der Waals surface area contributed by atoms with Gasteiger partial charge in [-0.15, -0.1) is 0 Å². The molecule has 2 amide bonds.